The normalized spacial score (nSPS) is 11.5. The van der Waals surface area contributed by atoms with Crippen LogP contribution in [0.5, 0.6) is 0 Å². The van der Waals surface area contributed by atoms with Gasteiger partial charge in [-0.15, -0.1) is 0 Å². The molecule has 0 aliphatic heterocycles. The molecular weight excluding hydrogens is 311 g/mol. The summed E-state index contributed by atoms with van der Waals surface area (Å²) in [7, 11) is -4.24. The number of benzene rings is 2. The first-order chi connectivity index (χ1) is 10.4. The molecule has 112 valence electrons. The van der Waals surface area contributed by atoms with Crippen LogP contribution in [-0.2, 0) is 10.1 Å². The average molecular weight is 320 g/mol. The van der Waals surface area contributed by atoms with Gasteiger partial charge in [-0.25, -0.2) is 4.98 Å². The SMILES string of the molecule is O=S(=O)(O)c1ccc2cc(Nc3ncnc(F)n3)ccc2c1. The third-order valence-electron chi connectivity index (χ3n) is 2.91. The minimum absolute atomic E-state index is 0.0569. The zero-order chi connectivity index (χ0) is 15.7. The van der Waals surface area contributed by atoms with Gasteiger partial charge in [-0.2, -0.15) is 22.8 Å². The highest BCUT2D eigenvalue weighted by atomic mass is 32.2. The molecule has 0 amide bonds. The van der Waals surface area contributed by atoms with E-state index in [0.29, 0.717) is 11.1 Å². The van der Waals surface area contributed by atoms with Crippen molar-refractivity contribution in [3.05, 3.63) is 48.8 Å². The summed E-state index contributed by atoms with van der Waals surface area (Å²) >= 11 is 0. The monoisotopic (exact) mass is 320 g/mol. The van der Waals surface area contributed by atoms with Gasteiger partial charge in [-0.1, -0.05) is 12.1 Å². The maximum absolute atomic E-state index is 12.9. The van der Waals surface area contributed by atoms with Gasteiger partial charge >= 0.3 is 6.08 Å². The molecule has 0 unspecified atom stereocenters. The lowest BCUT2D eigenvalue weighted by Crippen LogP contribution is -2.00. The first-order valence-electron chi connectivity index (χ1n) is 6.05. The highest BCUT2D eigenvalue weighted by Gasteiger charge is 2.10. The van der Waals surface area contributed by atoms with Crippen molar-refractivity contribution in [2.24, 2.45) is 0 Å². The number of rotatable bonds is 3. The summed E-state index contributed by atoms with van der Waals surface area (Å²) in [5.74, 6) is 0.0569. The number of hydrogen-bond acceptors (Lipinski definition) is 6. The number of hydrogen-bond donors (Lipinski definition) is 2. The Hall–Kier alpha value is -2.65. The molecule has 2 N–H and O–H groups in total. The molecule has 22 heavy (non-hydrogen) atoms. The Morgan fingerprint density at radius 1 is 1.05 bits per heavy atom. The van der Waals surface area contributed by atoms with Crippen molar-refractivity contribution in [2.75, 3.05) is 5.32 Å². The second kappa shape index (κ2) is 5.28. The Bertz CT molecular complexity index is 962. The van der Waals surface area contributed by atoms with Crippen LogP contribution in [0.2, 0.25) is 0 Å². The molecule has 3 rings (SSSR count). The number of halogens is 1. The van der Waals surface area contributed by atoms with Crippen LogP contribution in [0.1, 0.15) is 0 Å². The predicted molar refractivity (Wildman–Crippen MR) is 76.8 cm³/mol. The molecule has 0 aliphatic carbocycles. The van der Waals surface area contributed by atoms with Crippen molar-refractivity contribution in [3.63, 3.8) is 0 Å². The molecule has 2 aromatic carbocycles. The molecule has 0 radical (unpaired) electrons. The van der Waals surface area contributed by atoms with E-state index >= 15 is 0 Å². The van der Waals surface area contributed by atoms with E-state index in [-0.39, 0.29) is 10.8 Å². The number of nitrogens with zero attached hydrogens (tertiary/aromatic N) is 3. The number of fused-ring (bicyclic) bond motifs is 1. The highest BCUT2D eigenvalue weighted by molar-refractivity contribution is 7.85. The van der Waals surface area contributed by atoms with Crippen LogP contribution in [0.4, 0.5) is 16.0 Å². The lowest BCUT2D eigenvalue weighted by atomic mass is 10.1. The van der Waals surface area contributed by atoms with Gasteiger partial charge in [0.05, 0.1) is 4.90 Å². The lowest BCUT2D eigenvalue weighted by molar-refractivity contribution is 0.483. The molecule has 1 heterocycles. The molecule has 0 aliphatic rings. The standard InChI is InChI=1S/C13H9FN4O3S/c14-12-15-7-16-13(18-12)17-10-3-1-9-6-11(22(19,20)21)4-2-8(9)5-10/h1-7H,(H,19,20,21)(H,15,16,17,18). The summed E-state index contributed by atoms with van der Waals surface area (Å²) in [4.78, 5) is 10.3. The van der Waals surface area contributed by atoms with Crippen molar-refractivity contribution in [3.8, 4) is 0 Å². The summed E-state index contributed by atoms with van der Waals surface area (Å²) in [6, 6.07) is 9.23. The van der Waals surface area contributed by atoms with Gasteiger partial charge < -0.3 is 5.32 Å². The van der Waals surface area contributed by atoms with Crippen LogP contribution in [0, 0.1) is 6.08 Å². The van der Waals surface area contributed by atoms with Crippen molar-refractivity contribution in [1.29, 1.82) is 0 Å². The largest absolute Gasteiger partial charge is 0.324 e. The van der Waals surface area contributed by atoms with E-state index in [1.807, 2.05) is 0 Å². The average Bonchev–Trinajstić information content (AvgIpc) is 2.45. The molecule has 0 spiro atoms. The third-order valence-corrected chi connectivity index (χ3v) is 3.76. The minimum Gasteiger partial charge on any atom is -0.324 e. The molecule has 1 aromatic heterocycles. The van der Waals surface area contributed by atoms with E-state index in [0.717, 1.165) is 11.7 Å². The first kappa shape index (κ1) is 14.3. The summed E-state index contributed by atoms with van der Waals surface area (Å²) in [5, 5.41) is 4.17. The van der Waals surface area contributed by atoms with Crippen molar-refractivity contribution in [2.45, 2.75) is 4.90 Å². The van der Waals surface area contributed by atoms with E-state index < -0.39 is 16.2 Å². The minimum atomic E-state index is -4.24. The van der Waals surface area contributed by atoms with E-state index in [1.165, 1.54) is 12.1 Å². The smallest absolute Gasteiger partial charge is 0.313 e. The molecule has 7 nitrogen and oxygen atoms in total. The maximum atomic E-state index is 12.9. The van der Waals surface area contributed by atoms with Crippen LogP contribution in [0.15, 0.2) is 47.6 Å². The summed E-state index contributed by atoms with van der Waals surface area (Å²) < 4.78 is 44.1. The predicted octanol–water partition coefficient (Wildman–Crippen LogP) is 2.15. The van der Waals surface area contributed by atoms with E-state index in [2.05, 4.69) is 20.3 Å². The Morgan fingerprint density at radius 3 is 2.50 bits per heavy atom. The van der Waals surface area contributed by atoms with Gasteiger partial charge in [0.15, 0.2) is 0 Å². The number of nitrogens with one attached hydrogen (secondary N) is 1. The summed E-state index contributed by atoms with van der Waals surface area (Å²) in [6.45, 7) is 0. The third kappa shape index (κ3) is 3.00. The van der Waals surface area contributed by atoms with Crippen LogP contribution < -0.4 is 5.32 Å². The van der Waals surface area contributed by atoms with E-state index in [1.54, 1.807) is 24.3 Å². The van der Waals surface area contributed by atoms with E-state index in [9.17, 15) is 12.8 Å². The maximum Gasteiger partial charge on any atom is 0.313 e. The van der Waals surface area contributed by atoms with Gasteiger partial charge in [0, 0.05) is 5.69 Å². The second-order valence-corrected chi connectivity index (χ2v) is 5.82. The fourth-order valence-corrected chi connectivity index (χ4v) is 2.44. The lowest BCUT2D eigenvalue weighted by Gasteiger charge is -2.06. The number of anilines is 2. The topological polar surface area (TPSA) is 105 Å². The molecule has 0 bridgehead atoms. The molecular formula is C13H9FN4O3S. The van der Waals surface area contributed by atoms with Gasteiger partial charge in [0.2, 0.25) is 5.95 Å². The fourth-order valence-electron chi connectivity index (χ4n) is 1.93. The zero-order valence-corrected chi connectivity index (χ0v) is 11.7. The number of aromatic nitrogens is 3. The quantitative estimate of drug-likeness (QED) is 0.712. The van der Waals surface area contributed by atoms with Crippen molar-refractivity contribution < 1.29 is 17.4 Å². The molecule has 0 fully saturated rings. The highest BCUT2D eigenvalue weighted by Crippen LogP contribution is 2.23. The molecule has 0 atom stereocenters. The van der Waals surface area contributed by atoms with Crippen LogP contribution in [-0.4, -0.2) is 27.9 Å². The Balaban J connectivity index is 1.97. The first-order valence-corrected chi connectivity index (χ1v) is 7.49. The van der Waals surface area contributed by atoms with Crippen LogP contribution >= 0.6 is 0 Å². The van der Waals surface area contributed by atoms with Gasteiger partial charge in [0.1, 0.15) is 6.33 Å². The Morgan fingerprint density at radius 2 is 1.77 bits per heavy atom. The Kier molecular flexibility index (Phi) is 3.43. The molecule has 0 saturated carbocycles. The van der Waals surface area contributed by atoms with E-state index in [4.69, 9.17) is 4.55 Å². The molecule has 3 aromatic rings. The zero-order valence-electron chi connectivity index (χ0n) is 10.9. The molecule has 9 heteroatoms. The van der Waals surface area contributed by atoms with Crippen molar-refractivity contribution in [1.82, 2.24) is 15.0 Å². The van der Waals surface area contributed by atoms with Gasteiger partial charge in [0.25, 0.3) is 10.1 Å². The van der Waals surface area contributed by atoms with Gasteiger partial charge in [-0.3, -0.25) is 4.55 Å². The summed E-state index contributed by atoms with van der Waals surface area (Å²) in [6.07, 6.45) is 0.153. The van der Waals surface area contributed by atoms with Crippen LogP contribution in [0.3, 0.4) is 0 Å². The second-order valence-electron chi connectivity index (χ2n) is 4.40. The van der Waals surface area contributed by atoms with Gasteiger partial charge in [-0.05, 0) is 35.0 Å². The Labute approximate surface area is 124 Å². The molecule has 0 saturated heterocycles. The fraction of sp³-hybridized carbons (Fsp3) is 0. The summed E-state index contributed by atoms with van der Waals surface area (Å²) in [5.41, 5.74) is 0.595. The van der Waals surface area contributed by atoms with Crippen LogP contribution in [0.25, 0.3) is 10.8 Å². The van der Waals surface area contributed by atoms with Crippen molar-refractivity contribution >= 4 is 32.5 Å².